The molecule has 0 radical (unpaired) electrons. The molecule has 0 spiro atoms. The molecule has 0 saturated carbocycles. The van der Waals surface area contributed by atoms with Crippen LogP contribution in [0.4, 0.5) is 4.39 Å². The largest absolute Gasteiger partial charge is 0.207 e. The van der Waals surface area contributed by atoms with E-state index in [2.05, 4.69) is 44.0 Å². The first-order valence-corrected chi connectivity index (χ1v) is 7.67. The second kappa shape index (κ2) is 6.48. The number of alkyl halides is 1. The molecule has 2 aromatic rings. The van der Waals surface area contributed by atoms with Crippen molar-refractivity contribution in [2.24, 2.45) is 0 Å². The molecule has 18 heavy (non-hydrogen) atoms. The highest BCUT2D eigenvalue weighted by Gasteiger charge is 2.13. The third-order valence-corrected chi connectivity index (χ3v) is 4.49. The van der Waals surface area contributed by atoms with Crippen molar-refractivity contribution in [2.45, 2.75) is 12.3 Å². The van der Waals surface area contributed by atoms with Gasteiger partial charge in [0.05, 0.1) is 0 Å². The van der Waals surface area contributed by atoms with Crippen LogP contribution in [0.25, 0.3) is 0 Å². The Morgan fingerprint density at radius 1 is 1.06 bits per heavy atom. The summed E-state index contributed by atoms with van der Waals surface area (Å²) in [5.41, 5.74) is 2.27. The standard InChI is InChI=1S/C15H13Br2F/c16-10-13(11-4-2-1-3-5-11)8-12-9-14(18)6-7-15(12)17/h1-7,9,13H,8,10H2. The Morgan fingerprint density at radius 3 is 2.44 bits per heavy atom. The lowest BCUT2D eigenvalue weighted by Crippen LogP contribution is -2.05. The van der Waals surface area contributed by atoms with Crippen molar-refractivity contribution in [3.8, 4) is 0 Å². The fourth-order valence-electron chi connectivity index (χ4n) is 1.95. The first-order valence-electron chi connectivity index (χ1n) is 5.75. The molecule has 2 aromatic carbocycles. The van der Waals surface area contributed by atoms with Gasteiger partial charge >= 0.3 is 0 Å². The second-order valence-electron chi connectivity index (χ2n) is 4.20. The molecule has 0 nitrogen and oxygen atoms in total. The number of hydrogen-bond donors (Lipinski definition) is 0. The topological polar surface area (TPSA) is 0 Å². The van der Waals surface area contributed by atoms with Crippen LogP contribution < -0.4 is 0 Å². The molecule has 1 atom stereocenters. The Hall–Kier alpha value is -0.670. The molecule has 0 heterocycles. The van der Waals surface area contributed by atoms with E-state index in [0.29, 0.717) is 5.92 Å². The Balaban J connectivity index is 2.23. The molecule has 0 fully saturated rings. The Bertz CT molecular complexity index is 511. The molecule has 3 heteroatoms. The molecular formula is C15H13Br2F. The van der Waals surface area contributed by atoms with E-state index in [9.17, 15) is 4.39 Å². The van der Waals surface area contributed by atoms with E-state index in [1.54, 1.807) is 12.1 Å². The lowest BCUT2D eigenvalue weighted by molar-refractivity contribution is 0.623. The van der Waals surface area contributed by atoms with Gasteiger partial charge in [-0.3, -0.25) is 0 Å². The van der Waals surface area contributed by atoms with Crippen molar-refractivity contribution in [1.29, 1.82) is 0 Å². The number of halogens is 3. The maximum absolute atomic E-state index is 13.3. The van der Waals surface area contributed by atoms with Gasteiger partial charge in [-0.25, -0.2) is 4.39 Å². The van der Waals surface area contributed by atoms with Crippen molar-refractivity contribution >= 4 is 31.9 Å². The van der Waals surface area contributed by atoms with Gasteiger partial charge in [-0.05, 0) is 41.7 Å². The van der Waals surface area contributed by atoms with Gasteiger partial charge in [0.25, 0.3) is 0 Å². The van der Waals surface area contributed by atoms with Crippen molar-refractivity contribution < 1.29 is 4.39 Å². The van der Waals surface area contributed by atoms with Crippen LogP contribution in [0.15, 0.2) is 53.0 Å². The highest BCUT2D eigenvalue weighted by atomic mass is 79.9. The van der Waals surface area contributed by atoms with Gasteiger partial charge in [0.15, 0.2) is 0 Å². The lowest BCUT2D eigenvalue weighted by Gasteiger charge is -2.15. The van der Waals surface area contributed by atoms with Crippen LogP contribution in [-0.4, -0.2) is 5.33 Å². The quantitative estimate of drug-likeness (QED) is 0.639. The molecule has 0 bridgehead atoms. The number of hydrogen-bond acceptors (Lipinski definition) is 0. The first-order chi connectivity index (χ1) is 8.70. The monoisotopic (exact) mass is 370 g/mol. The summed E-state index contributed by atoms with van der Waals surface area (Å²) in [6.07, 6.45) is 0.813. The molecule has 0 aliphatic carbocycles. The summed E-state index contributed by atoms with van der Waals surface area (Å²) in [6.45, 7) is 0. The third-order valence-electron chi connectivity index (χ3n) is 2.93. The van der Waals surface area contributed by atoms with Gasteiger partial charge in [-0.2, -0.15) is 0 Å². The maximum atomic E-state index is 13.3. The predicted octanol–water partition coefficient (Wildman–Crippen LogP) is 5.31. The second-order valence-corrected chi connectivity index (χ2v) is 5.70. The molecule has 0 aromatic heterocycles. The van der Waals surface area contributed by atoms with Crippen LogP contribution in [-0.2, 0) is 6.42 Å². The smallest absolute Gasteiger partial charge is 0.123 e. The molecule has 1 unspecified atom stereocenters. The summed E-state index contributed by atoms with van der Waals surface area (Å²) in [5.74, 6) is 0.166. The first kappa shape index (κ1) is 13.8. The van der Waals surface area contributed by atoms with E-state index >= 15 is 0 Å². The average molecular weight is 372 g/mol. The van der Waals surface area contributed by atoms with Crippen molar-refractivity contribution in [1.82, 2.24) is 0 Å². The van der Waals surface area contributed by atoms with Crippen LogP contribution >= 0.6 is 31.9 Å². The van der Waals surface area contributed by atoms with E-state index in [4.69, 9.17) is 0 Å². The van der Waals surface area contributed by atoms with Gasteiger partial charge in [-0.1, -0.05) is 62.2 Å². The maximum Gasteiger partial charge on any atom is 0.123 e. The summed E-state index contributed by atoms with van der Waals surface area (Å²) in [5, 5.41) is 0.861. The molecule has 2 rings (SSSR count). The van der Waals surface area contributed by atoms with E-state index in [1.807, 2.05) is 18.2 Å². The van der Waals surface area contributed by atoms with Crippen LogP contribution in [0.1, 0.15) is 17.0 Å². The Morgan fingerprint density at radius 2 is 1.78 bits per heavy atom. The van der Waals surface area contributed by atoms with Crippen LogP contribution in [0.3, 0.4) is 0 Å². The van der Waals surface area contributed by atoms with Gasteiger partial charge in [-0.15, -0.1) is 0 Å². The van der Waals surface area contributed by atoms with E-state index in [0.717, 1.165) is 21.8 Å². The van der Waals surface area contributed by atoms with Gasteiger partial charge < -0.3 is 0 Å². The van der Waals surface area contributed by atoms with Gasteiger partial charge in [0.1, 0.15) is 5.82 Å². The Labute approximate surface area is 123 Å². The number of benzene rings is 2. The normalized spacial score (nSPS) is 12.4. The third kappa shape index (κ3) is 3.42. The van der Waals surface area contributed by atoms with Crippen LogP contribution in [0.2, 0.25) is 0 Å². The molecule has 0 amide bonds. The molecule has 0 aliphatic rings. The van der Waals surface area contributed by atoms with E-state index in [-0.39, 0.29) is 5.82 Å². The fraction of sp³-hybridized carbons (Fsp3) is 0.200. The van der Waals surface area contributed by atoms with Crippen LogP contribution in [0, 0.1) is 5.82 Å². The Kier molecular flexibility index (Phi) is 4.95. The minimum atomic E-state index is -0.186. The van der Waals surface area contributed by atoms with Crippen LogP contribution in [0.5, 0.6) is 0 Å². The van der Waals surface area contributed by atoms with Crippen molar-refractivity contribution in [3.05, 3.63) is 69.9 Å². The summed E-state index contributed by atoms with van der Waals surface area (Å²) in [6, 6.07) is 15.1. The van der Waals surface area contributed by atoms with Crippen molar-refractivity contribution in [3.63, 3.8) is 0 Å². The van der Waals surface area contributed by atoms with E-state index in [1.165, 1.54) is 11.6 Å². The minimum absolute atomic E-state index is 0.186. The summed E-state index contributed by atoms with van der Waals surface area (Å²) < 4.78 is 14.2. The highest BCUT2D eigenvalue weighted by molar-refractivity contribution is 9.10. The predicted molar refractivity (Wildman–Crippen MR) is 80.8 cm³/mol. The number of rotatable bonds is 4. The van der Waals surface area contributed by atoms with Crippen molar-refractivity contribution in [2.75, 3.05) is 5.33 Å². The minimum Gasteiger partial charge on any atom is -0.207 e. The highest BCUT2D eigenvalue weighted by Crippen LogP contribution is 2.27. The zero-order valence-corrected chi connectivity index (χ0v) is 12.9. The molecule has 0 aliphatic heterocycles. The average Bonchev–Trinajstić information content (AvgIpc) is 2.41. The summed E-state index contributed by atoms with van der Waals surface area (Å²) >= 11 is 7.02. The zero-order valence-electron chi connectivity index (χ0n) is 9.74. The SMILES string of the molecule is Fc1ccc(Br)c(CC(CBr)c2ccccc2)c1. The van der Waals surface area contributed by atoms with Gasteiger partial charge in [0, 0.05) is 9.80 Å². The summed E-state index contributed by atoms with van der Waals surface area (Å²) in [4.78, 5) is 0. The fourth-order valence-corrected chi connectivity index (χ4v) is 2.96. The molecule has 0 saturated heterocycles. The molecule has 0 N–H and O–H groups in total. The summed E-state index contributed by atoms with van der Waals surface area (Å²) in [7, 11) is 0. The lowest BCUT2D eigenvalue weighted by atomic mass is 9.94. The molecule has 94 valence electrons. The zero-order chi connectivity index (χ0) is 13.0. The van der Waals surface area contributed by atoms with E-state index < -0.39 is 0 Å². The molecular weight excluding hydrogens is 359 g/mol. The van der Waals surface area contributed by atoms with Gasteiger partial charge in [0.2, 0.25) is 0 Å².